The molecule has 0 saturated carbocycles. The molecule has 0 saturated heterocycles. The second-order valence-corrected chi connectivity index (χ2v) is 2.03. The summed E-state index contributed by atoms with van der Waals surface area (Å²) in [5.41, 5.74) is 0.331. The van der Waals surface area contributed by atoms with Gasteiger partial charge in [-0.25, -0.2) is 4.79 Å². The van der Waals surface area contributed by atoms with E-state index in [2.05, 4.69) is 0 Å². The van der Waals surface area contributed by atoms with E-state index in [-0.39, 0.29) is 0 Å². The molecule has 0 atom stereocenters. The number of aromatic carboxylic acids is 1. The Labute approximate surface area is 79.8 Å². The second kappa shape index (κ2) is 7.02. The van der Waals surface area contributed by atoms with E-state index < -0.39 is 26.5 Å². The van der Waals surface area contributed by atoms with Crippen molar-refractivity contribution < 1.29 is 37.7 Å². The summed E-state index contributed by atoms with van der Waals surface area (Å²) in [6, 6.07) is 8.30. The van der Waals surface area contributed by atoms with Gasteiger partial charge >= 0.3 is 33.7 Å². The zero-order valence-corrected chi connectivity index (χ0v) is 7.42. The number of hydrogen-bond donors (Lipinski definition) is 3. The van der Waals surface area contributed by atoms with E-state index in [4.69, 9.17) is 12.3 Å². The van der Waals surface area contributed by atoms with Crippen molar-refractivity contribution in [1.82, 2.24) is 0 Å². The van der Waals surface area contributed by atoms with Gasteiger partial charge in [-0.1, -0.05) is 18.2 Å². The van der Waals surface area contributed by atoms with Crippen LogP contribution in [0, 0.1) is 0 Å². The quantitative estimate of drug-likeness (QED) is 0.636. The zero-order valence-electron chi connectivity index (χ0n) is 5.94. The summed E-state index contributed by atoms with van der Waals surface area (Å²) in [7, 11) is 0. The minimum atomic E-state index is -0.930. The molecule has 0 aliphatic carbocycles. The van der Waals surface area contributed by atoms with Crippen LogP contribution in [0.25, 0.3) is 0 Å². The monoisotopic (exact) mass is 263 g/mol. The minimum absolute atomic E-state index is 0.331. The fourth-order valence-electron chi connectivity index (χ4n) is 0.581. The molecule has 0 aromatic heterocycles. The molecule has 0 aliphatic rings. The van der Waals surface area contributed by atoms with Crippen LogP contribution in [0.2, 0.25) is 0 Å². The molecule has 0 unspecified atom stereocenters. The number of carboxylic acid groups (broad SMARTS) is 1. The fourth-order valence-corrected chi connectivity index (χ4v) is 0.581. The van der Waals surface area contributed by atoms with Crippen molar-refractivity contribution in [3.8, 4) is 0 Å². The fraction of sp³-hybridized carbons (Fsp3) is 0. The molecule has 71 valence electrons. The molecule has 0 fully saturated rings. The van der Waals surface area contributed by atoms with Gasteiger partial charge in [-0.2, -0.15) is 0 Å². The van der Waals surface area contributed by atoms with Crippen LogP contribution in [-0.4, -0.2) is 18.3 Å². The molecular formula is C7H8AgO4. The van der Waals surface area contributed by atoms with Gasteiger partial charge < -0.3 is 5.11 Å². The van der Waals surface area contributed by atoms with Gasteiger partial charge in [-0.15, -0.1) is 0 Å². The molecule has 3 N–H and O–H groups in total. The molecule has 1 aromatic rings. The molecule has 1 rings (SSSR count). The van der Waals surface area contributed by atoms with E-state index >= 15 is 0 Å². The normalized spacial score (nSPS) is 8.50. The Hall–Kier alpha value is -0.650. The van der Waals surface area contributed by atoms with E-state index in [1.54, 1.807) is 30.3 Å². The topological polar surface area (TPSA) is 77.8 Å². The third kappa shape index (κ3) is 5.06. The van der Waals surface area contributed by atoms with Crippen molar-refractivity contribution >= 4 is 5.97 Å². The SMILES string of the molecule is O=C(O)c1ccccc1.[OH][Ag][OH]. The van der Waals surface area contributed by atoms with Crippen molar-refractivity contribution in [3.63, 3.8) is 0 Å². The molecule has 0 bridgehead atoms. The Bertz CT molecular complexity index is 224. The van der Waals surface area contributed by atoms with Crippen LogP contribution in [0.4, 0.5) is 0 Å². The van der Waals surface area contributed by atoms with Gasteiger partial charge in [0.2, 0.25) is 0 Å². The van der Waals surface area contributed by atoms with Crippen LogP contribution in [0.5, 0.6) is 0 Å². The predicted molar refractivity (Wildman–Crippen MR) is 37.8 cm³/mol. The third-order valence-corrected chi connectivity index (χ3v) is 1.02. The van der Waals surface area contributed by atoms with Gasteiger partial charge in [0.15, 0.2) is 0 Å². The van der Waals surface area contributed by atoms with E-state index in [9.17, 15) is 4.79 Å². The number of carboxylic acids is 1. The molecule has 12 heavy (non-hydrogen) atoms. The van der Waals surface area contributed by atoms with E-state index in [0.29, 0.717) is 5.56 Å². The maximum absolute atomic E-state index is 10.2. The summed E-state index contributed by atoms with van der Waals surface area (Å²) in [5.74, 6) is -0.879. The predicted octanol–water partition coefficient (Wildman–Crippen LogP) is 0.268. The van der Waals surface area contributed by atoms with Gasteiger partial charge in [-0.05, 0) is 12.1 Å². The molecule has 0 aliphatic heterocycles. The third-order valence-electron chi connectivity index (χ3n) is 1.02. The van der Waals surface area contributed by atoms with Crippen molar-refractivity contribution in [2.45, 2.75) is 0 Å². The number of hydrogen-bond acceptors (Lipinski definition) is 3. The van der Waals surface area contributed by atoms with E-state index in [1.165, 1.54) is 0 Å². The van der Waals surface area contributed by atoms with Crippen molar-refractivity contribution in [2.75, 3.05) is 0 Å². The van der Waals surface area contributed by atoms with Crippen LogP contribution in [-0.2, 0) is 20.5 Å². The van der Waals surface area contributed by atoms with Crippen molar-refractivity contribution in [2.24, 2.45) is 0 Å². The Balaban J connectivity index is 0.000000354. The molecule has 4 nitrogen and oxygen atoms in total. The first-order chi connectivity index (χ1) is 5.72. The average Bonchev–Trinajstić information content (AvgIpc) is 2.07. The Morgan fingerprint density at radius 3 is 1.83 bits per heavy atom. The first-order valence-corrected chi connectivity index (χ1v) is 4.18. The summed E-state index contributed by atoms with van der Waals surface area (Å²) in [6.07, 6.45) is 0. The summed E-state index contributed by atoms with van der Waals surface area (Å²) in [4.78, 5) is 10.2. The summed E-state index contributed by atoms with van der Waals surface area (Å²) in [6.45, 7) is 0. The van der Waals surface area contributed by atoms with Gasteiger partial charge in [0.05, 0.1) is 5.56 Å². The molecule has 0 amide bonds. The summed E-state index contributed by atoms with van der Waals surface area (Å²) < 4.78 is 14.3. The van der Waals surface area contributed by atoms with Crippen LogP contribution in [0.3, 0.4) is 0 Å². The molecule has 0 heterocycles. The van der Waals surface area contributed by atoms with Crippen LogP contribution < -0.4 is 0 Å². The number of rotatable bonds is 1. The average molecular weight is 264 g/mol. The van der Waals surface area contributed by atoms with Crippen LogP contribution in [0.15, 0.2) is 30.3 Å². The number of benzene rings is 1. The van der Waals surface area contributed by atoms with Crippen molar-refractivity contribution in [3.05, 3.63) is 35.9 Å². The summed E-state index contributed by atoms with van der Waals surface area (Å²) >= 11 is -0.930. The van der Waals surface area contributed by atoms with E-state index in [1.807, 2.05) is 0 Å². The number of carbonyl (C=O) groups is 1. The molecule has 0 spiro atoms. The first-order valence-electron chi connectivity index (χ1n) is 2.86. The first kappa shape index (κ1) is 11.4. The molecule has 5 heteroatoms. The van der Waals surface area contributed by atoms with Crippen molar-refractivity contribution in [1.29, 1.82) is 0 Å². The van der Waals surface area contributed by atoms with Gasteiger partial charge in [0, 0.05) is 0 Å². The summed E-state index contributed by atoms with van der Waals surface area (Å²) in [5, 5.41) is 8.38. The van der Waals surface area contributed by atoms with Gasteiger partial charge in [-0.3, -0.25) is 0 Å². The standard InChI is InChI=1S/C7H6O2.Ag.2H2O/c8-7(9)6-4-2-1-3-5-6;;;/h1-5H,(H,8,9);;2*1H2/q;+2;;/p-2. The Morgan fingerprint density at radius 1 is 1.17 bits per heavy atom. The Morgan fingerprint density at radius 2 is 1.58 bits per heavy atom. The van der Waals surface area contributed by atoms with Gasteiger partial charge in [0.1, 0.15) is 0 Å². The zero-order chi connectivity index (χ0) is 9.40. The second-order valence-electron chi connectivity index (χ2n) is 1.73. The molecule has 0 radical (unpaired) electrons. The van der Waals surface area contributed by atoms with E-state index in [0.717, 1.165) is 0 Å². The van der Waals surface area contributed by atoms with Crippen LogP contribution in [0.1, 0.15) is 10.4 Å². The van der Waals surface area contributed by atoms with Gasteiger partial charge in [0.25, 0.3) is 0 Å². The molecular weight excluding hydrogens is 256 g/mol. The van der Waals surface area contributed by atoms with Crippen LogP contribution >= 0.6 is 0 Å². The Kier molecular flexibility index (Phi) is 6.64. The maximum atomic E-state index is 10.2. The molecule has 1 aromatic carbocycles.